The van der Waals surface area contributed by atoms with Crippen molar-refractivity contribution in [3.05, 3.63) is 33.7 Å². The fraction of sp³-hybridized carbons (Fsp3) is 0.467. The van der Waals surface area contributed by atoms with E-state index in [-0.39, 0.29) is 5.75 Å². The minimum Gasteiger partial charge on any atom is -0.507 e. The molecule has 0 aliphatic carbocycles. The van der Waals surface area contributed by atoms with Gasteiger partial charge in [-0.1, -0.05) is 28.1 Å². The van der Waals surface area contributed by atoms with E-state index < -0.39 is 18.3 Å². The molecule has 2 rings (SSSR count). The Bertz CT molecular complexity index is 556. The first-order valence-electron chi connectivity index (χ1n) is 6.91. The van der Waals surface area contributed by atoms with Gasteiger partial charge in [-0.05, 0) is 45.3 Å². The molecule has 1 aromatic carbocycles. The standard InChI is InChI=1S/C15H21BBrNO3/c1-14(2)15(3,4)21-16(20-14)11(9-18)7-10-5-6-12(17)8-13(10)19/h5-8,19H,9,18H2,1-4H3. The highest BCUT2D eigenvalue weighted by Gasteiger charge is 2.52. The molecule has 0 unspecified atom stereocenters. The Morgan fingerprint density at radius 3 is 2.33 bits per heavy atom. The molecule has 1 saturated heterocycles. The molecule has 0 spiro atoms. The maximum atomic E-state index is 9.99. The van der Waals surface area contributed by atoms with Crippen LogP contribution in [0.1, 0.15) is 33.3 Å². The number of nitrogens with two attached hydrogens (primary N) is 1. The van der Waals surface area contributed by atoms with Crippen LogP contribution in [-0.4, -0.2) is 30.0 Å². The highest BCUT2D eigenvalue weighted by Crippen LogP contribution is 2.39. The quantitative estimate of drug-likeness (QED) is 0.819. The van der Waals surface area contributed by atoms with Crippen molar-refractivity contribution < 1.29 is 14.4 Å². The van der Waals surface area contributed by atoms with Gasteiger partial charge in [-0.15, -0.1) is 0 Å². The van der Waals surface area contributed by atoms with Crippen molar-refractivity contribution in [2.24, 2.45) is 5.73 Å². The van der Waals surface area contributed by atoms with Crippen LogP contribution in [0.25, 0.3) is 6.08 Å². The number of phenolic OH excluding ortho intramolecular Hbond substituents is 1. The van der Waals surface area contributed by atoms with Crippen LogP contribution in [-0.2, 0) is 9.31 Å². The van der Waals surface area contributed by atoms with Gasteiger partial charge in [0.15, 0.2) is 0 Å². The number of hydrogen-bond donors (Lipinski definition) is 2. The Balaban J connectivity index is 2.31. The number of benzene rings is 1. The summed E-state index contributed by atoms with van der Waals surface area (Å²) in [6, 6.07) is 5.33. The third kappa shape index (κ3) is 3.34. The molecule has 1 aliphatic heterocycles. The van der Waals surface area contributed by atoms with Crippen LogP contribution in [0.15, 0.2) is 28.1 Å². The summed E-state index contributed by atoms with van der Waals surface area (Å²) in [7, 11) is -0.497. The van der Waals surface area contributed by atoms with Crippen molar-refractivity contribution >= 4 is 29.1 Å². The van der Waals surface area contributed by atoms with Gasteiger partial charge in [0.25, 0.3) is 0 Å². The molecule has 114 valence electrons. The van der Waals surface area contributed by atoms with Crippen molar-refractivity contribution in [2.45, 2.75) is 38.9 Å². The fourth-order valence-corrected chi connectivity index (χ4v) is 2.41. The Kier molecular flexibility index (Phi) is 4.54. The van der Waals surface area contributed by atoms with Crippen molar-refractivity contribution in [1.82, 2.24) is 0 Å². The number of halogens is 1. The Hall–Kier alpha value is -0.815. The zero-order valence-electron chi connectivity index (χ0n) is 12.8. The number of aromatic hydroxyl groups is 1. The van der Waals surface area contributed by atoms with Gasteiger partial charge >= 0.3 is 7.12 Å². The minimum atomic E-state index is -0.497. The summed E-state index contributed by atoms with van der Waals surface area (Å²) in [5.41, 5.74) is 6.51. The second-order valence-electron chi connectivity index (χ2n) is 6.21. The van der Waals surface area contributed by atoms with Crippen LogP contribution in [0.3, 0.4) is 0 Å². The molecule has 1 fully saturated rings. The van der Waals surface area contributed by atoms with Gasteiger partial charge in [0.2, 0.25) is 0 Å². The largest absolute Gasteiger partial charge is 0.507 e. The molecule has 1 heterocycles. The van der Waals surface area contributed by atoms with E-state index in [0.717, 1.165) is 9.95 Å². The summed E-state index contributed by atoms with van der Waals surface area (Å²) >= 11 is 3.32. The Morgan fingerprint density at radius 1 is 1.29 bits per heavy atom. The topological polar surface area (TPSA) is 64.7 Å². The summed E-state index contributed by atoms with van der Waals surface area (Å²) in [5, 5.41) is 9.99. The van der Waals surface area contributed by atoms with Gasteiger partial charge in [0.1, 0.15) is 5.75 Å². The highest BCUT2D eigenvalue weighted by atomic mass is 79.9. The lowest BCUT2D eigenvalue weighted by molar-refractivity contribution is 0.00578. The van der Waals surface area contributed by atoms with E-state index in [2.05, 4.69) is 15.9 Å². The fourth-order valence-electron chi connectivity index (χ4n) is 2.06. The second kappa shape index (κ2) is 5.76. The van der Waals surface area contributed by atoms with Crippen molar-refractivity contribution in [3.8, 4) is 5.75 Å². The molecule has 1 aliphatic rings. The summed E-state index contributed by atoms with van der Waals surface area (Å²) in [6.07, 6.45) is 1.82. The van der Waals surface area contributed by atoms with Crippen molar-refractivity contribution in [1.29, 1.82) is 0 Å². The SMILES string of the molecule is CC1(C)OB(C(=Cc2ccc(Br)cc2O)CN)OC1(C)C. The predicted octanol–water partition coefficient (Wildman–Crippen LogP) is 3.13. The average molecular weight is 354 g/mol. The van der Waals surface area contributed by atoms with Crippen molar-refractivity contribution in [3.63, 3.8) is 0 Å². The van der Waals surface area contributed by atoms with Gasteiger partial charge in [0.05, 0.1) is 11.2 Å². The lowest BCUT2D eigenvalue weighted by Crippen LogP contribution is -2.41. The number of phenols is 1. The monoisotopic (exact) mass is 353 g/mol. The van der Waals surface area contributed by atoms with Crippen LogP contribution in [0.2, 0.25) is 0 Å². The minimum absolute atomic E-state index is 0.187. The van der Waals surface area contributed by atoms with E-state index in [1.807, 2.05) is 45.9 Å². The van der Waals surface area contributed by atoms with E-state index in [1.165, 1.54) is 0 Å². The lowest BCUT2D eigenvalue weighted by atomic mass is 9.77. The van der Waals surface area contributed by atoms with Crippen LogP contribution < -0.4 is 5.73 Å². The van der Waals surface area contributed by atoms with Crippen LogP contribution >= 0.6 is 15.9 Å². The third-order valence-corrected chi connectivity index (χ3v) is 4.62. The maximum Gasteiger partial charge on any atom is 0.491 e. The molecule has 21 heavy (non-hydrogen) atoms. The molecule has 0 bridgehead atoms. The average Bonchev–Trinajstić information content (AvgIpc) is 2.57. The third-order valence-electron chi connectivity index (χ3n) is 4.13. The maximum absolute atomic E-state index is 9.99. The normalized spacial score (nSPS) is 20.9. The molecule has 3 N–H and O–H groups in total. The van der Waals surface area contributed by atoms with E-state index in [1.54, 1.807) is 6.07 Å². The Labute approximate surface area is 134 Å². The molecule has 0 atom stereocenters. The number of rotatable bonds is 3. The van der Waals surface area contributed by atoms with Gasteiger partial charge in [-0.25, -0.2) is 0 Å². The molecule has 1 aromatic rings. The first-order valence-corrected chi connectivity index (χ1v) is 7.70. The lowest BCUT2D eigenvalue weighted by Gasteiger charge is -2.32. The molecule has 4 nitrogen and oxygen atoms in total. The summed E-state index contributed by atoms with van der Waals surface area (Å²) in [6.45, 7) is 8.29. The van der Waals surface area contributed by atoms with Crippen LogP contribution in [0.4, 0.5) is 0 Å². The van der Waals surface area contributed by atoms with Crippen LogP contribution in [0.5, 0.6) is 5.75 Å². The molecular weight excluding hydrogens is 333 g/mol. The zero-order chi connectivity index (χ0) is 15.8. The summed E-state index contributed by atoms with van der Waals surface area (Å²) < 4.78 is 12.8. The molecule has 0 amide bonds. The Morgan fingerprint density at radius 2 is 1.86 bits per heavy atom. The van der Waals surface area contributed by atoms with E-state index in [9.17, 15) is 5.11 Å². The van der Waals surface area contributed by atoms with E-state index >= 15 is 0 Å². The van der Waals surface area contributed by atoms with Gasteiger partial charge in [-0.2, -0.15) is 0 Å². The molecular formula is C15H21BBrNO3. The first-order chi connectivity index (χ1) is 9.66. The predicted molar refractivity (Wildman–Crippen MR) is 88.9 cm³/mol. The summed E-state index contributed by atoms with van der Waals surface area (Å²) in [5.74, 6) is 0.187. The zero-order valence-corrected chi connectivity index (χ0v) is 14.4. The van der Waals surface area contributed by atoms with Crippen LogP contribution in [0, 0.1) is 0 Å². The first kappa shape index (κ1) is 16.6. The molecule has 0 radical (unpaired) electrons. The summed E-state index contributed by atoms with van der Waals surface area (Å²) in [4.78, 5) is 0. The van der Waals surface area contributed by atoms with Gasteiger partial charge in [0, 0.05) is 16.6 Å². The second-order valence-corrected chi connectivity index (χ2v) is 7.13. The molecule has 0 aromatic heterocycles. The molecule has 6 heteroatoms. The van der Waals surface area contributed by atoms with Crippen molar-refractivity contribution in [2.75, 3.05) is 6.54 Å². The number of hydrogen-bond acceptors (Lipinski definition) is 4. The van der Waals surface area contributed by atoms with E-state index in [4.69, 9.17) is 15.0 Å². The highest BCUT2D eigenvalue weighted by molar-refractivity contribution is 9.10. The van der Waals surface area contributed by atoms with E-state index in [0.29, 0.717) is 12.1 Å². The van der Waals surface area contributed by atoms with Gasteiger partial charge < -0.3 is 20.1 Å². The smallest absolute Gasteiger partial charge is 0.491 e. The molecule has 0 saturated carbocycles. The van der Waals surface area contributed by atoms with Gasteiger partial charge in [-0.3, -0.25) is 0 Å².